The van der Waals surface area contributed by atoms with E-state index in [0.717, 1.165) is 26.8 Å². The molecule has 1 unspecified atom stereocenters. The van der Waals surface area contributed by atoms with E-state index in [2.05, 4.69) is 15.3 Å². The van der Waals surface area contributed by atoms with Crippen LogP contribution in [0.3, 0.4) is 0 Å². The van der Waals surface area contributed by atoms with Gasteiger partial charge in [-0.1, -0.05) is 0 Å². The summed E-state index contributed by atoms with van der Waals surface area (Å²) in [6, 6.07) is 11.0. The number of aliphatic carboxylic acids is 2. The Morgan fingerprint density at radius 3 is 2.25 bits per heavy atom. The van der Waals surface area contributed by atoms with Gasteiger partial charge in [0.05, 0.1) is 25.5 Å². The molecule has 0 saturated heterocycles. The Kier molecular flexibility index (Phi) is 11.6. The van der Waals surface area contributed by atoms with Crippen molar-refractivity contribution < 1.29 is 47.2 Å². The number of hydrogen-bond acceptors (Lipinski definition) is 8. The maximum Gasteiger partial charge on any atom is 0.490 e. The van der Waals surface area contributed by atoms with E-state index in [9.17, 15) is 27.9 Å². The Morgan fingerprint density at radius 1 is 1.10 bits per heavy atom. The van der Waals surface area contributed by atoms with Crippen LogP contribution in [-0.4, -0.2) is 63.5 Å². The van der Waals surface area contributed by atoms with Gasteiger partial charge in [0, 0.05) is 23.1 Å². The van der Waals surface area contributed by atoms with Gasteiger partial charge in [0.25, 0.3) is 5.91 Å². The Morgan fingerprint density at radius 2 is 1.73 bits per heavy atom. The van der Waals surface area contributed by atoms with Crippen molar-refractivity contribution in [2.75, 3.05) is 7.11 Å². The van der Waals surface area contributed by atoms with Gasteiger partial charge < -0.3 is 25.0 Å². The van der Waals surface area contributed by atoms with E-state index in [4.69, 9.17) is 19.4 Å². The molecule has 1 atom stereocenters. The van der Waals surface area contributed by atoms with E-state index < -0.39 is 24.2 Å². The number of nitrogens with zero attached hydrogens (tertiary/aromatic N) is 2. The molecule has 14 heteroatoms. The molecule has 40 heavy (non-hydrogen) atoms. The third-order valence-electron chi connectivity index (χ3n) is 5.04. The van der Waals surface area contributed by atoms with Crippen molar-refractivity contribution >= 4 is 29.2 Å². The molecule has 2 heterocycles. The Labute approximate surface area is 231 Å². The van der Waals surface area contributed by atoms with Crippen molar-refractivity contribution in [3.8, 4) is 16.3 Å². The van der Waals surface area contributed by atoms with E-state index in [-0.39, 0.29) is 25.0 Å². The van der Waals surface area contributed by atoms with E-state index in [0.29, 0.717) is 11.4 Å². The van der Waals surface area contributed by atoms with Crippen molar-refractivity contribution in [1.82, 2.24) is 15.3 Å². The van der Waals surface area contributed by atoms with Gasteiger partial charge in [-0.25, -0.2) is 14.6 Å². The second kappa shape index (κ2) is 14.4. The third kappa shape index (κ3) is 9.93. The van der Waals surface area contributed by atoms with Gasteiger partial charge >= 0.3 is 18.1 Å². The molecule has 0 bridgehead atoms. The van der Waals surface area contributed by atoms with Crippen LogP contribution in [0.5, 0.6) is 5.75 Å². The Balaban J connectivity index is 0.000000708. The number of amides is 1. The molecule has 0 aliphatic carbocycles. The van der Waals surface area contributed by atoms with Crippen LogP contribution in [0.2, 0.25) is 0 Å². The van der Waals surface area contributed by atoms with E-state index in [1.807, 2.05) is 31.2 Å². The molecule has 3 rings (SSSR count). The van der Waals surface area contributed by atoms with Crippen LogP contribution in [0.4, 0.5) is 13.2 Å². The molecule has 0 spiro atoms. The molecule has 216 valence electrons. The first-order valence-corrected chi connectivity index (χ1v) is 12.5. The fraction of sp³-hybridized carbons (Fsp3) is 0.346. The lowest BCUT2D eigenvalue weighted by molar-refractivity contribution is -0.192. The van der Waals surface area contributed by atoms with Crippen molar-refractivity contribution in [3.05, 3.63) is 64.4 Å². The molecule has 0 aliphatic rings. The topological polar surface area (TPSA) is 148 Å². The molecule has 0 fully saturated rings. The molecule has 3 N–H and O–H groups in total. The normalized spacial score (nSPS) is 11.8. The van der Waals surface area contributed by atoms with Crippen LogP contribution >= 0.6 is 11.3 Å². The summed E-state index contributed by atoms with van der Waals surface area (Å²) in [5.74, 6) is -3.30. The number of carbonyl (C=O) groups excluding carboxylic acids is 1. The van der Waals surface area contributed by atoms with Gasteiger partial charge in [-0.2, -0.15) is 13.2 Å². The standard InChI is InChI=1S/C24H27N3O5S.C2HF3O2/c1-14(2)32-20(24(29)30)12-16-9-10-25-18(11-16)13-26-22(28)21-15(3)33-23(27-21)17-5-7-19(31-4)8-6-17;3-2(4,5)1(6)7/h5-11,14,20H,12-13H2,1-4H3,(H,26,28)(H,29,30);(H,6,7). The summed E-state index contributed by atoms with van der Waals surface area (Å²) in [7, 11) is 1.61. The predicted octanol–water partition coefficient (Wildman–Crippen LogP) is 4.51. The number of pyridine rings is 1. The molecule has 3 aromatic rings. The summed E-state index contributed by atoms with van der Waals surface area (Å²) in [4.78, 5) is 42.7. The van der Waals surface area contributed by atoms with Crippen LogP contribution < -0.4 is 10.1 Å². The zero-order chi connectivity index (χ0) is 30.0. The highest BCUT2D eigenvalue weighted by molar-refractivity contribution is 7.15. The van der Waals surface area contributed by atoms with Crippen LogP contribution in [0, 0.1) is 6.92 Å². The fourth-order valence-corrected chi connectivity index (χ4v) is 4.12. The third-order valence-corrected chi connectivity index (χ3v) is 6.06. The van der Waals surface area contributed by atoms with Crippen LogP contribution in [-0.2, 0) is 27.3 Å². The lowest BCUT2D eigenvalue weighted by atomic mass is 10.1. The Bertz CT molecular complexity index is 1310. The zero-order valence-electron chi connectivity index (χ0n) is 22.0. The number of ether oxygens (including phenoxy) is 2. The summed E-state index contributed by atoms with van der Waals surface area (Å²) in [5.41, 5.74) is 2.68. The Hall–Kier alpha value is -4.04. The highest BCUT2D eigenvalue weighted by Crippen LogP contribution is 2.29. The molecular weight excluding hydrogens is 555 g/mol. The van der Waals surface area contributed by atoms with Crippen LogP contribution in [0.25, 0.3) is 10.6 Å². The molecular formula is C26H28F3N3O7S. The predicted molar refractivity (Wildman–Crippen MR) is 139 cm³/mol. The fourth-order valence-electron chi connectivity index (χ4n) is 3.21. The summed E-state index contributed by atoms with van der Waals surface area (Å²) in [6.45, 7) is 5.65. The summed E-state index contributed by atoms with van der Waals surface area (Å²) in [6.07, 6.45) is -4.41. The number of carboxylic acids is 2. The zero-order valence-corrected chi connectivity index (χ0v) is 22.8. The minimum Gasteiger partial charge on any atom is -0.497 e. The first-order chi connectivity index (χ1) is 18.7. The van der Waals surface area contributed by atoms with Gasteiger partial charge in [-0.15, -0.1) is 11.3 Å². The van der Waals surface area contributed by atoms with Gasteiger partial charge in [0.15, 0.2) is 6.10 Å². The van der Waals surface area contributed by atoms with Crippen molar-refractivity contribution in [3.63, 3.8) is 0 Å². The number of halogens is 3. The van der Waals surface area contributed by atoms with Gasteiger partial charge in [-0.3, -0.25) is 9.78 Å². The lowest BCUT2D eigenvalue weighted by Gasteiger charge is -2.16. The second-order valence-electron chi connectivity index (χ2n) is 8.51. The molecule has 0 radical (unpaired) electrons. The second-order valence-corrected chi connectivity index (χ2v) is 9.71. The number of alkyl halides is 3. The maximum atomic E-state index is 12.7. The molecule has 0 saturated carbocycles. The highest BCUT2D eigenvalue weighted by Gasteiger charge is 2.38. The summed E-state index contributed by atoms with van der Waals surface area (Å²) >= 11 is 1.45. The number of benzene rings is 1. The average molecular weight is 584 g/mol. The molecule has 2 aromatic heterocycles. The smallest absolute Gasteiger partial charge is 0.490 e. The highest BCUT2D eigenvalue weighted by atomic mass is 32.1. The molecule has 0 aliphatic heterocycles. The lowest BCUT2D eigenvalue weighted by Crippen LogP contribution is -2.29. The number of carbonyl (C=O) groups is 3. The quantitative estimate of drug-likeness (QED) is 0.314. The first kappa shape index (κ1) is 32.2. The van der Waals surface area contributed by atoms with Crippen LogP contribution in [0.1, 0.15) is 40.5 Å². The maximum absolute atomic E-state index is 12.7. The molecule has 1 amide bonds. The number of rotatable bonds is 10. The van der Waals surface area contributed by atoms with Gasteiger partial charge in [0.1, 0.15) is 16.5 Å². The minimum absolute atomic E-state index is 0.198. The number of aromatic nitrogens is 2. The average Bonchev–Trinajstić information content (AvgIpc) is 3.28. The van der Waals surface area contributed by atoms with E-state index >= 15 is 0 Å². The minimum atomic E-state index is -5.08. The van der Waals surface area contributed by atoms with Gasteiger partial charge in [0.2, 0.25) is 0 Å². The van der Waals surface area contributed by atoms with Crippen molar-refractivity contribution in [1.29, 1.82) is 0 Å². The SMILES string of the molecule is COc1ccc(-c2nc(C(=O)NCc3cc(CC(OC(C)C)C(=O)O)ccn3)c(C)s2)cc1.O=C(O)C(F)(F)F. The monoisotopic (exact) mass is 583 g/mol. The summed E-state index contributed by atoms with van der Waals surface area (Å²) in [5, 5.41) is 20.1. The number of thiazole rings is 1. The van der Waals surface area contributed by atoms with E-state index in [1.165, 1.54) is 11.3 Å². The van der Waals surface area contributed by atoms with Crippen LogP contribution in [0.15, 0.2) is 42.6 Å². The van der Waals surface area contributed by atoms with Gasteiger partial charge in [-0.05, 0) is 62.7 Å². The number of carboxylic acid groups (broad SMARTS) is 2. The number of methoxy groups -OCH3 is 1. The first-order valence-electron chi connectivity index (χ1n) is 11.7. The largest absolute Gasteiger partial charge is 0.497 e. The van der Waals surface area contributed by atoms with E-state index in [1.54, 1.807) is 39.3 Å². The number of nitrogens with one attached hydrogen (secondary N) is 1. The molecule has 10 nitrogen and oxygen atoms in total. The van der Waals surface area contributed by atoms with Crippen molar-refractivity contribution in [2.24, 2.45) is 0 Å². The molecule has 1 aromatic carbocycles. The number of hydrogen-bond donors (Lipinski definition) is 3. The number of aryl methyl sites for hydroxylation is 1. The van der Waals surface area contributed by atoms with Crippen molar-refractivity contribution in [2.45, 2.75) is 52.1 Å². The summed E-state index contributed by atoms with van der Waals surface area (Å²) < 4.78 is 42.4.